The van der Waals surface area contributed by atoms with E-state index < -0.39 is 0 Å². The van der Waals surface area contributed by atoms with Crippen molar-refractivity contribution in [3.05, 3.63) is 83.8 Å². The van der Waals surface area contributed by atoms with Crippen LogP contribution in [0.2, 0.25) is 0 Å². The molecule has 0 unspecified atom stereocenters. The number of allylic oxidation sites excluding steroid dienone is 1. The van der Waals surface area contributed by atoms with Gasteiger partial charge in [0.2, 0.25) is 5.75 Å². The first-order valence-corrected chi connectivity index (χ1v) is 8.37. The highest BCUT2D eigenvalue weighted by molar-refractivity contribution is 5.91. The summed E-state index contributed by atoms with van der Waals surface area (Å²) >= 11 is 0. The van der Waals surface area contributed by atoms with Gasteiger partial charge in [-0.3, -0.25) is 4.79 Å². The van der Waals surface area contributed by atoms with Crippen LogP contribution in [-0.2, 0) is 6.54 Å². The molecule has 5 rings (SSSR count). The van der Waals surface area contributed by atoms with Crippen molar-refractivity contribution in [3.63, 3.8) is 0 Å². The lowest BCUT2D eigenvalue weighted by Crippen LogP contribution is -2.24. The number of ether oxygens (including phenoxy) is 1. The van der Waals surface area contributed by atoms with Crippen molar-refractivity contribution in [2.45, 2.75) is 6.54 Å². The third kappa shape index (κ3) is 1.97. The molecule has 0 N–H and O–H groups in total. The van der Waals surface area contributed by atoms with E-state index in [-0.39, 0.29) is 11.3 Å². The highest BCUT2D eigenvalue weighted by Gasteiger charge is 2.25. The molecule has 2 aromatic carbocycles. The summed E-state index contributed by atoms with van der Waals surface area (Å²) in [5, 5.41) is 5.40. The van der Waals surface area contributed by atoms with E-state index in [9.17, 15) is 4.79 Å². The summed E-state index contributed by atoms with van der Waals surface area (Å²) in [6.45, 7) is 4.02. The van der Waals surface area contributed by atoms with Crippen molar-refractivity contribution < 1.29 is 4.74 Å². The van der Waals surface area contributed by atoms with Crippen molar-refractivity contribution in [1.82, 2.24) is 14.3 Å². The zero-order valence-corrected chi connectivity index (χ0v) is 13.9. The summed E-state index contributed by atoms with van der Waals surface area (Å²) in [5.41, 5.74) is 3.29. The zero-order valence-electron chi connectivity index (χ0n) is 13.9. The third-order valence-electron chi connectivity index (χ3n) is 4.61. The topological polar surface area (TPSA) is 49.1 Å². The standard InChI is InChI=1S/C21H15N3O2/c1-2-11-23-21(25)20-18(13-22-23)24-16-9-5-3-7-14(16)12-17(24)15-8-4-6-10-19(15)26-20/h2-10,12-13H,1,11H2. The Morgan fingerprint density at radius 3 is 2.81 bits per heavy atom. The fourth-order valence-corrected chi connectivity index (χ4v) is 3.46. The second-order valence-electron chi connectivity index (χ2n) is 6.16. The predicted molar refractivity (Wildman–Crippen MR) is 101 cm³/mol. The number of hydrogen-bond acceptors (Lipinski definition) is 3. The smallest absolute Gasteiger partial charge is 0.312 e. The van der Waals surface area contributed by atoms with E-state index in [1.54, 1.807) is 12.3 Å². The fourth-order valence-electron chi connectivity index (χ4n) is 3.46. The van der Waals surface area contributed by atoms with Gasteiger partial charge in [0.25, 0.3) is 0 Å². The number of nitrogens with zero attached hydrogens (tertiary/aromatic N) is 3. The fraction of sp³-hybridized carbons (Fsp3) is 0.0476. The van der Waals surface area contributed by atoms with Crippen molar-refractivity contribution >= 4 is 10.9 Å². The van der Waals surface area contributed by atoms with Crippen LogP contribution in [0.3, 0.4) is 0 Å². The first kappa shape index (κ1) is 14.7. The molecule has 5 heteroatoms. The summed E-state index contributed by atoms with van der Waals surface area (Å²) in [6, 6.07) is 18.0. The van der Waals surface area contributed by atoms with E-state index in [0.29, 0.717) is 18.0 Å². The minimum absolute atomic E-state index is 0.273. The summed E-state index contributed by atoms with van der Waals surface area (Å²) in [4.78, 5) is 12.9. The predicted octanol–water partition coefficient (Wildman–Crippen LogP) is 4.15. The monoisotopic (exact) mass is 341 g/mol. The Bertz CT molecular complexity index is 1230. The van der Waals surface area contributed by atoms with E-state index in [2.05, 4.69) is 23.8 Å². The second-order valence-corrected chi connectivity index (χ2v) is 6.16. The first-order chi connectivity index (χ1) is 12.8. The summed E-state index contributed by atoms with van der Waals surface area (Å²) in [7, 11) is 0. The van der Waals surface area contributed by atoms with E-state index in [0.717, 1.165) is 22.2 Å². The summed E-state index contributed by atoms with van der Waals surface area (Å²) in [5.74, 6) is 0.929. The molecule has 0 bridgehead atoms. The molecule has 1 aliphatic rings. The van der Waals surface area contributed by atoms with Gasteiger partial charge in [0.15, 0.2) is 0 Å². The van der Waals surface area contributed by atoms with E-state index in [4.69, 9.17) is 4.74 Å². The van der Waals surface area contributed by atoms with Gasteiger partial charge >= 0.3 is 5.56 Å². The molecule has 0 atom stereocenters. The van der Waals surface area contributed by atoms with Gasteiger partial charge in [0.05, 0.1) is 24.0 Å². The Morgan fingerprint density at radius 1 is 1.12 bits per heavy atom. The normalized spacial score (nSPS) is 11.8. The van der Waals surface area contributed by atoms with Crippen LogP contribution in [0.1, 0.15) is 0 Å². The molecule has 0 fully saturated rings. The van der Waals surface area contributed by atoms with Crippen molar-refractivity contribution in [2.75, 3.05) is 0 Å². The maximum absolute atomic E-state index is 12.9. The van der Waals surface area contributed by atoms with Crippen molar-refractivity contribution in [1.29, 1.82) is 0 Å². The highest BCUT2D eigenvalue weighted by atomic mass is 16.5. The average Bonchev–Trinajstić information content (AvgIpc) is 2.98. The molecular formula is C21H15N3O2. The molecule has 4 aromatic rings. The molecule has 1 aliphatic heterocycles. The van der Waals surface area contributed by atoms with Crippen LogP contribution in [0.5, 0.6) is 11.5 Å². The molecule has 2 aromatic heterocycles. The summed E-state index contributed by atoms with van der Waals surface area (Å²) in [6.07, 6.45) is 3.32. The van der Waals surface area contributed by atoms with Crippen LogP contribution < -0.4 is 10.3 Å². The maximum atomic E-state index is 12.9. The van der Waals surface area contributed by atoms with Crippen LogP contribution in [-0.4, -0.2) is 14.3 Å². The third-order valence-corrected chi connectivity index (χ3v) is 4.61. The largest absolute Gasteiger partial charge is 0.448 e. The Kier molecular flexibility index (Phi) is 3.09. The van der Waals surface area contributed by atoms with Crippen molar-refractivity contribution in [3.8, 4) is 28.4 Å². The molecule has 0 saturated carbocycles. The second kappa shape index (κ2) is 5.46. The molecule has 0 spiro atoms. The molecule has 0 radical (unpaired) electrons. The van der Waals surface area contributed by atoms with Crippen LogP contribution in [0.25, 0.3) is 27.8 Å². The number of benzene rings is 2. The molecule has 0 saturated heterocycles. The van der Waals surface area contributed by atoms with Gasteiger partial charge in [0, 0.05) is 10.9 Å². The number of aromatic nitrogens is 3. The van der Waals surface area contributed by atoms with Crippen molar-refractivity contribution in [2.24, 2.45) is 0 Å². The Balaban J connectivity index is 1.94. The van der Waals surface area contributed by atoms with E-state index in [1.807, 2.05) is 47.0 Å². The van der Waals surface area contributed by atoms with Gasteiger partial charge in [-0.15, -0.1) is 6.58 Å². The number of fused-ring (bicyclic) bond motifs is 7. The minimum atomic E-state index is -0.275. The summed E-state index contributed by atoms with van der Waals surface area (Å²) < 4.78 is 9.48. The van der Waals surface area contributed by atoms with E-state index >= 15 is 0 Å². The van der Waals surface area contributed by atoms with Gasteiger partial charge < -0.3 is 9.30 Å². The Hall–Kier alpha value is -3.60. The van der Waals surface area contributed by atoms with Gasteiger partial charge in [-0.1, -0.05) is 36.4 Å². The van der Waals surface area contributed by atoms with Gasteiger partial charge in [-0.05, 0) is 24.3 Å². The van der Waals surface area contributed by atoms with Gasteiger partial charge in [-0.25, -0.2) is 4.68 Å². The quantitative estimate of drug-likeness (QED) is 0.453. The Labute approximate surface area is 149 Å². The molecule has 0 amide bonds. The first-order valence-electron chi connectivity index (χ1n) is 8.37. The SMILES string of the molecule is C=CCn1ncc2c(c1=O)Oc1ccccc1-c1cc3ccccc3n1-2. The van der Waals surface area contributed by atoms with E-state index in [1.165, 1.54) is 4.68 Å². The van der Waals surface area contributed by atoms with Crippen LogP contribution in [0.15, 0.2) is 78.2 Å². The van der Waals surface area contributed by atoms with Crippen LogP contribution in [0.4, 0.5) is 0 Å². The highest BCUT2D eigenvalue weighted by Crippen LogP contribution is 2.42. The zero-order chi connectivity index (χ0) is 17.7. The van der Waals surface area contributed by atoms with Crippen LogP contribution in [0, 0.1) is 0 Å². The minimum Gasteiger partial charge on any atom is -0.448 e. The molecule has 0 aliphatic carbocycles. The van der Waals surface area contributed by atoms with Crippen LogP contribution >= 0.6 is 0 Å². The molecule has 3 heterocycles. The molecule has 5 nitrogen and oxygen atoms in total. The number of rotatable bonds is 2. The average molecular weight is 341 g/mol. The molecule has 126 valence electrons. The maximum Gasteiger partial charge on any atom is 0.312 e. The van der Waals surface area contributed by atoms with Gasteiger partial charge in [0.1, 0.15) is 11.4 Å². The lowest BCUT2D eigenvalue weighted by Gasteiger charge is -2.11. The Morgan fingerprint density at radius 2 is 1.92 bits per heavy atom. The number of hydrogen-bond donors (Lipinski definition) is 0. The molecule has 26 heavy (non-hydrogen) atoms. The lowest BCUT2D eigenvalue weighted by atomic mass is 10.1. The number of para-hydroxylation sites is 2. The molecular weight excluding hydrogens is 326 g/mol. The lowest BCUT2D eigenvalue weighted by molar-refractivity contribution is 0.462. The van der Waals surface area contributed by atoms with Gasteiger partial charge in [-0.2, -0.15) is 5.10 Å².